The number of hydrogen-bond donors (Lipinski definition) is 0. The third kappa shape index (κ3) is 3.41. The number of para-hydroxylation sites is 2. The summed E-state index contributed by atoms with van der Waals surface area (Å²) in [6.07, 6.45) is 4.07. The minimum atomic E-state index is 0.559. The molecule has 1 saturated heterocycles. The summed E-state index contributed by atoms with van der Waals surface area (Å²) in [5.74, 6) is 0.559. The van der Waals surface area contributed by atoms with Gasteiger partial charge >= 0.3 is 0 Å². The number of benzene rings is 2. The highest BCUT2D eigenvalue weighted by molar-refractivity contribution is 7.71. The summed E-state index contributed by atoms with van der Waals surface area (Å²) in [5.41, 5.74) is 2.18. The van der Waals surface area contributed by atoms with Gasteiger partial charge in [-0.05, 0) is 49.3 Å². The van der Waals surface area contributed by atoms with Gasteiger partial charge in [-0.3, -0.25) is 9.47 Å². The molecule has 0 amide bonds. The van der Waals surface area contributed by atoms with Crippen LogP contribution in [0.5, 0.6) is 0 Å². The zero-order valence-corrected chi connectivity index (χ0v) is 17.1. The second-order valence-electron chi connectivity index (χ2n) is 7.17. The van der Waals surface area contributed by atoms with E-state index in [1.807, 2.05) is 57.2 Å². The molecule has 1 aliphatic heterocycles. The Labute approximate surface area is 172 Å². The van der Waals surface area contributed by atoms with Crippen LogP contribution in [-0.2, 0) is 6.67 Å². The first-order valence-corrected chi connectivity index (χ1v) is 10.8. The van der Waals surface area contributed by atoms with Gasteiger partial charge in [-0.25, -0.2) is 9.67 Å². The highest BCUT2D eigenvalue weighted by atomic mass is 32.1. The Bertz CT molecular complexity index is 1100. The van der Waals surface area contributed by atoms with Crippen LogP contribution >= 0.6 is 23.6 Å². The molecule has 5 nitrogen and oxygen atoms in total. The van der Waals surface area contributed by atoms with Gasteiger partial charge in [0.25, 0.3) is 0 Å². The molecule has 142 valence electrons. The lowest BCUT2D eigenvalue weighted by molar-refractivity contribution is 0.160. The van der Waals surface area contributed by atoms with Crippen LogP contribution in [0.4, 0.5) is 0 Å². The Hall–Kier alpha value is -2.35. The lowest BCUT2D eigenvalue weighted by atomic mass is 9.98. The maximum Gasteiger partial charge on any atom is 0.203 e. The number of fused-ring (bicyclic) bond motifs is 1. The topological polar surface area (TPSA) is 38.9 Å². The monoisotopic (exact) mass is 407 g/mol. The van der Waals surface area contributed by atoms with Crippen molar-refractivity contribution in [2.24, 2.45) is 0 Å². The molecule has 0 atom stereocenters. The van der Waals surface area contributed by atoms with E-state index < -0.39 is 0 Å². The molecule has 0 unspecified atom stereocenters. The Morgan fingerprint density at radius 3 is 2.54 bits per heavy atom. The van der Waals surface area contributed by atoms with Crippen LogP contribution in [0.1, 0.15) is 23.8 Å². The molecule has 3 heterocycles. The maximum absolute atomic E-state index is 5.64. The zero-order valence-electron chi connectivity index (χ0n) is 15.4. The van der Waals surface area contributed by atoms with Crippen LogP contribution in [-0.4, -0.2) is 37.3 Å². The molecular weight excluding hydrogens is 386 g/mol. The van der Waals surface area contributed by atoms with Crippen molar-refractivity contribution in [3.63, 3.8) is 0 Å². The van der Waals surface area contributed by atoms with Gasteiger partial charge in [0.05, 0.1) is 21.9 Å². The predicted molar refractivity (Wildman–Crippen MR) is 116 cm³/mol. The number of rotatable bonds is 4. The van der Waals surface area contributed by atoms with Gasteiger partial charge in [0.15, 0.2) is 0 Å². The van der Waals surface area contributed by atoms with Crippen molar-refractivity contribution in [3.8, 4) is 5.69 Å². The predicted octanol–water partition coefficient (Wildman–Crippen LogP) is 4.85. The summed E-state index contributed by atoms with van der Waals surface area (Å²) < 4.78 is 5.90. The van der Waals surface area contributed by atoms with Crippen molar-refractivity contribution < 1.29 is 0 Å². The van der Waals surface area contributed by atoms with Crippen molar-refractivity contribution in [2.45, 2.75) is 25.4 Å². The second-order valence-corrected chi connectivity index (χ2v) is 8.60. The van der Waals surface area contributed by atoms with Crippen molar-refractivity contribution in [1.29, 1.82) is 0 Å². The van der Waals surface area contributed by atoms with E-state index in [9.17, 15) is 0 Å². The number of hydrogen-bond acceptors (Lipinski definition) is 5. The summed E-state index contributed by atoms with van der Waals surface area (Å²) >= 11 is 7.49. The minimum absolute atomic E-state index is 0.559. The van der Waals surface area contributed by atoms with E-state index >= 15 is 0 Å². The molecule has 0 N–H and O–H groups in total. The maximum atomic E-state index is 5.64. The first-order valence-electron chi connectivity index (χ1n) is 9.55. The fraction of sp³-hybridized carbons (Fsp3) is 0.286. The number of nitrogens with zero attached hydrogens (tertiary/aromatic N) is 5. The van der Waals surface area contributed by atoms with E-state index in [1.54, 1.807) is 0 Å². The van der Waals surface area contributed by atoms with E-state index in [-0.39, 0.29) is 0 Å². The van der Waals surface area contributed by atoms with Gasteiger partial charge in [-0.2, -0.15) is 5.10 Å². The van der Waals surface area contributed by atoms with Gasteiger partial charge in [0.1, 0.15) is 6.33 Å². The molecule has 0 bridgehead atoms. The van der Waals surface area contributed by atoms with E-state index in [0.29, 0.717) is 5.92 Å². The highest BCUT2D eigenvalue weighted by Gasteiger charge is 2.23. The number of likely N-dealkylation sites (tertiary alicyclic amines) is 1. The molecule has 0 aliphatic carbocycles. The molecule has 2 aromatic carbocycles. The normalized spacial score (nSPS) is 16.0. The minimum Gasteiger partial charge on any atom is -0.284 e. The first-order chi connectivity index (χ1) is 13.8. The van der Waals surface area contributed by atoms with Crippen LogP contribution in [0.25, 0.3) is 15.9 Å². The molecule has 4 aromatic rings. The fourth-order valence-corrected chi connectivity index (χ4v) is 5.17. The van der Waals surface area contributed by atoms with Crippen LogP contribution < -0.4 is 0 Å². The van der Waals surface area contributed by atoms with Gasteiger partial charge in [-0.1, -0.05) is 30.3 Å². The molecule has 0 spiro atoms. The molecule has 1 fully saturated rings. The summed E-state index contributed by atoms with van der Waals surface area (Å²) in [6, 6.07) is 18.6. The quantitative estimate of drug-likeness (QED) is 0.453. The van der Waals surface area contributed by atoms with Crippen LogP contribution in [0.3, 0.4) is 0 Å². The third-order valence-corrected chi connectivity index (χ3v) is 6.96. The van der Waals surface area contributed by atoms with Crippen molar-refractivity contribution in [1.82, 2.24) is 24.2 Å². The van der Waals surface area contributed by atoms with Crippen molar-refractivity contribution >= 4 is 33.8 Å². The Morgan fingerprint density at radius 2 is 1.75 bits per heavy atom. The molecule has 5 rings (SSSR count). The van der Waals surface area contributed by atoms with Crippen molar-refractivity contribution in [3.05, 3.63) is 70.7 Å². The molecule has 1 aliphatic rings. The van der Waals surface area contributed by atoms with E-state index in [4.69, 9.17) is 17.2 Å². The van der Waals surface area contributed by atoms with Gasteiger partial charge in [-0.15, -0.1) is 11.3 Å². The standard InChI is InChI=1S/C21H21N5S2/c27-21-25(17-6-2-1-3-7-17)14-22-26(21)15-24-12-10-16(11-13-24)20-23-18-8-4-5-9-19(18)28-20/h1-9,14,16H,10-13,15H2. The van der Waals surface area contributed by atoms with Gasteiger partial charge in [0.2, 0.25) is 4.77 Å². The first kappa shape index (κ1) is 17.7. The summed E-state index contributed by atoms with van der Waals surface area (Å²) in [4.78, 5) is 7.29. The third-order valence-electron chi connectivity index (χ3n) is 5.35. The van der Waals surface area contributed by atoms with E-state index in [2.05, 4.69) is 34.3 Å². The smallest absolute Gasteiger partial charge is 0.203 e. The lowest BCUT2D eigenvalue weighted by Gasteiger charge is -2.30. The molecule has 0 saturated carbocycles. The number of piperidine rings is 1. The Kier molecular flexibility index (Phi) is 4.80. The fourth-order valence-electron chi connectivity index (χ4n) is 3.78. The Morgan fingerprint density at radius 1 is 1.00 bits per heavy atom. The zero-order chi connectivity index (χ0) is 18.9. The summed E-state index contributed by atoms with van der Waals surface area (Å²) in [5, 5.41) is 5.80. The summed E-state index contributed by atoms with van der Waals surface area (Å²) in [7, 11) is 0. The molecule has 28 heavy (non-hydrogen) atoms. The number of aromatic nitrogens is 4. The molecule has 7 heteroatoms. The second kappa shape index (κ2) is 7.58. The van der Waals surface area contributed by atoms with E-state index in [0.717, 1.165) is 48.6 Å². The number of thiazole rings is 1. The lowest BCUT2D eigenvalue weighted by Crippen LogP contribution is -2.34. The van der Waals surface area contributed by atoms with E-state index in [1.165, 1.54) is 9.71 Å². The largest absolute Gasteiger partial charge is 0.284 e. The van der Waals surface area contributed by atoms with Gasteiger partial charge in [0, 0.05) is 24.7 Å². The van der Waals surface area contributed by atoms with Gasteiger partial charge < -0.3 is 0 Å². The Balaban J connectivity index is 1.25. The highest BCUT2D eigenvalue weighted by Crippen LogP contribution is 2.33. The average Bonchev–Trinajstić information content (AvgIpc) is 3.33. The molecule has 0 radical (unpaired) electrons. The molecule has 2 aromatic heterocycles. The SMILES string of the molecule is S=c1n(-c2ccccc2)cnn1CN1CCC(c2nc3ccccc3s2)CC1. The van der Waals surface area contributed by atoms with Crippen molar-refractivity contribution in [2.75, 3.05) is 13.1 Å². The average molecular weight is 408 g/mol. The molecular formula is C21H21N5S2. The van der Waals surface area contributed by atoms with Crippen LogP contribution in [0.15, 0.2) is 60.9 Å². The summed E-state index contributed by atoms with van der Waals surface area (Å²) in [6.45, 7) is 2.83. The van der Waals surface area contributed by atoms with Crippen LogP contribution in [0, 0.1) is 4.77 Å². The van der Waals surface area contributed by atoms with Crippen LogP contribution in [0.2, 0.25) is 0 Å².